The number of carbonyl (C=O) groups excluding carboxylic acids is 1. The molecule has 0 aromatic heterocycles. The molecule has 5 heteroatoms. The van der Waals surface area contributed by atoms with E-state index in [0.29, 0.717) is 12.2 Å². The number of amides is 2. The summed E-state index contributed by atoms with van der Waals surface area (Å²) in [5.41, 5.74) is 0.673. The predicted molar refractivity (Wildman–Crippen MR) is 72.4 cm³/mol. The Morgan fingerprint density at radius 2 is 2.00 bits per heavy atom. The van der Waals surface area contributed by atoms with Gasteiger partial charge in [0.25, 0.3) is 0 Å². The average molecular weight is 262 g/mol. The Kier molecular flexibility index (Phi) is 3.74. The molecule has 0 heterocycles. The third kappa shape index (κ3) is 3.24. The molecule has 1 fully saturated rings. The number of carboxylic acid groups (broad SMARTS) is 1. The highest BCUT2D eigenvalue weighted by Crippen LogP contribution is 2.47. The van der Waals surface area contributed by atoms with Crippen molar-refractivity contribution in [1.29, 1.82) is 0 Å². The Hall–Kier alpha value is -2.04. The van der Waals surface area contributed by atoms with Crippen LogP contribution in [0.2, 0.25) is 0 Å². The van der Waals surface area contributed by atoms with Gasteiger partial charge in [-0.15, -0.1) is 0 Å². The number of hydrogen-bond acceptors (Lipinski definition) is 2. The van der Waals surface area contributed by atoms with Gasteiger partial charge >= 0.3 is 12.0 Å². The van der Waals surface area contributed by atoms with Gasteiger partial charge in [0.15, 0.2) is 0 Å². The molecule has 0 aliphatic heterocycles. The highest BCUT2D eigenvalue weighted by Gasteiger charge is 2.40. The second-order valence-corrected chi connectivity index (χ2v) is 5.01. The van der Waals surface area contributed by atoms with Gasteiger partial charge in [-0.25, -0.2) is 9.59 Å². The van der Waals surface area contributed by atoms with E-state index in [4.69, 9.17) is 5.11 Å². The van der Waals surface area contributed by atoms with Gasteiger partial charge in [-0.3, -0.25) is 0 Å². The summed E-state index contributed by atoms with van der Waals surface area (Å²) < 4.78 is 0. The number of carboxylic acids is 1. The summed E-state index contributed by atoms with van der Waals surface area (Å²) in [5, 5.41) is 14.4. The molecule has 0 bridgehead atoms. The van der Waals surface area contributed by atoms with Crippen molar-refractivity contribution in [3.63, 3.8) is 0 Å². The van der Waals surface area contributed by atoms with Gasteiger partial charge in [-0.1, -0.05) is 19.1 Å². The Balaban J connectivity index is 1.93. The molecule has 102 valence electrons. The lowest BCUT2D eigenvalue weighted by Gasteiger charge is -2.14. The van der Waals surface area contributed by atoms with Crippen LogP contribution in [0.4, 0.5) is 10.5 Å². The summed E-state index contributed by atoms with van der Waals surface area (Å²) in [6.45, 7) is 2.76. The number of urea groups is 1. The first-order valence-corrected chi connectivity index (χ1v) is 6.43. The highest BCUT2D eigenvalue weighted by atomic mass is 16.4. The van der Waals surface area contributed by atoms with E-state index in [1.807, 2.05) is 0 Å². The number of benzene rings is 1. The van der Waals surface area contributed by atoms with Crippen molar-refractivity contribution < 1.29 is 14.7 Å². The molecule has 0 radical (unpaired) electrons. The van der Waals surface area contributed by atoms with E-state index in [1.165, 1.54) is 6.07 Å². The minimum atomic E-state index is -1.05. The molecule has 0 saturated heterocycles. The SMILES string of the molecule is CCC1(CNC(=O)Nc2ccccc2C(=O)O)CC1. The first kappa shape index (κ1) is 13.4. The lowest BCUT2D eigenvalue weighted by Crippen LogP contribution is -2.34. The van der Waals surface area contributed by atoms with E-state index in [9.17, 15) is 9.59 Å². The van der Waals surface area contributed by atoms with E-state index in [-0.39, 0.29) is 17.0 Å². The fraction of sp³-hybridized carbons (Fsp3) is 0.429. The molecular formula is C14H18N2O3. The molecule has 1 aliphatic rings. The van der Waals surface area contributed by atoms with Crippen LogP contribution in [0.15, 0.2) is 24.3 Å². The minimum Gasteiger partial charge on any atom is -0.478 e. The smallest absolute Gasteiger partial charge is 0.337 e. The first-order valence-electron chi connectivity index (χ1n) is 6.43. The molecule has 0 unspecified atom stereocenters. The summed E-state index contributed by atoms with van der Waals surface area (Å²) in [6, 6.07) is 6.01. The summed E-state index contributed by atoms with van der Waals surface area (Å²) in [7, 11) is 0. The number of rotatable bonds is 5. The quantitative estimate of drug-likeness (QED) is 0.763. The van der Waals surface area contributed by atoms with Crippen LogP contribution in [0.1, 0.15) is 36.5 Å². The zero-order valence-electron chi connectivity index (χ0n) is 10.9. The van der Waals surface area contributed by atoms with Gasteiger partial charge in [0, 0.05) is 6.54 Å². The van der Waals surface area contributed by atoms with Crippen molar-refractivity contribution in [2.45, 2.75) is 26.2 Å². The maximum absolute atomic E-state index is 11.8. The van der Waals surface area contributed by atoms with Crippen molar-refractivity contribution in [3.8, 4) is 0 Å². The van der Waals surface area contributed by atoms with Crippen molar-refractivity contribution >= 4 is 17.7 Å². The summed E-state index contributed by atoms with van der Waals surface area (Å²) in [6.07, 6.45) is 3.35. The topological polar surface area (TPSA) is 78.4 Å². The molecule has 0 spiro atoms. The first-order chi connectivity index (χ1) is 9.06. The maximum Gasteiger partial charge on any atom is 0.337 e. The predicted octanol–water partition coefficient (Wildman–Crippen LogP) is 2.70. The number of anilines is 1. The van der Waals surface area contributed by atoms with E-state index < -0.39 is 5.97 Å². The van der Waals surface area contributed by atoms with Crippen LogP contribution in [-0.4, -0.2) is 23.7 Å². The number of aromatic carboxylic acids is 1. The van der Waals surface area contributed by atoms with E-state index in [1.54, 1.807) is 18.2 Å². The molecule has 0 atom stereocenters. The van der Waals surface area contributed by atoms with Crippen LogP contribution in [0.3, 0.4) is 0 Å². The van der Waals surface area contributed by atoms with Crippen molar-refractivity contribution in [3.05, 3.63) is 29.8 Å². The van der Waals surface area contributed by atoms with Crippen LogP contribution < -0.4 is 10.6 Å². The number of hydrogen-bond donors (Lipinski definition) is 3. The molecule has 5 nitrogen and oxygen atoms in total. The second kappa shape index (κ2) is 5.30. The Morgan fingerprint density at radius 3 is 2.58 bits per heavy atom. The largest absolute Gasteiger partial charge is 0.478 e. The van der Waals surface area contributed by atoms with Gasteiger partial charge in [0.05, 0.1) is 11.3 Å². The molecule has 1 saturated carbocycles. The Labute approximate surface area is 112 Å². The molecule has 1 aromatic rings. The normalized spacial score (nSPS) is 15.6. The van der Waals surface area contributed by atoms with Gasteiger partial charge in [-0.2, -0.15) is 0 Å². The number of para-hydroxylation sites is 1. The Bertz CT molecular complexity index is 495. The highest BCUT2D eigenvalue weighted by molar-refractivity contribution is 5.99. The van der Waals surface area contributed by atoms with E-state index in [0.717, 1.165) is 19.3 Å². The molecule has 3 N–H and O–H groups in total. The van der Waals surface area contributed by atoms with Crippen molar-refractivity contribution in [2.24, 2.45) is 5.41 Å². The minimum absolute atomic E-state index is 0.0919. The molecule has 2 rings (SSSR count). The van der Waals surface area contributed by atoms with Crippen molar-refractivity contribution in [2.75, 3.05) is 11.9 Å². The lowest BCUT2D eigenvalue weighted by atomic mass is 10.0. The second-order valence-electron chi connectivity index (χ2n) is 5.01. The standard InChI is InChI=1S/C14H18N2O3/c1-2-14(7-8-14)9-15-13(19)16-11-6-4-3-5-10(11)12(17)18/h3-6H,2,7-9H2,1H3,(H,17,18)(H2,15,16,19). The van der Waals surface area contributed by atoms with E-state index in [2.05, 4.69) is 17.6 Å². The summed E-state index contributed by atoms with van der Waals surface area (Å²) in [4.78, 5) is 22.8. The summed E-state index contributed by atoms with van der Waals surface area (Å²) in [5.74, 6) is -1.05. The van der Waals surface area contributed by atoms with Crippen LogP contribution in [0, 0.1) is 5.41 Å². The molecule has 2 amide bonds. The molecule has 19 heavy (non-hydrogen) atoms. The number of carbonyl (C=O) groups is 2. The van der Waals surface area contributed by atoms with E-state index >= 15 is 0 Å². The van der Waals surface area contributed by atoms with Gasteiger partial charge < -0.3 is 15.7 Å². The fourth-order valence-electron chi connectivity index (χ4n) is 2.05. The molecular weight excluding hydrogens is 244 g/mol. The van der Waals surface area contributed by atoms with Gasteiger partial charge in [0.1, 0.15) is 0 Å². The Morgan fingerprint density at radius 1 is 1.32 bits per heavy atom. The molecule has 1 aromatic carbocycles. The molecule has 1 aliphatic carbocycles. The zero-order valence-corrected chi connectivity index (χ0v) is 10.9. The van der Waals surface area contributed by atoms with Crippen LogP contribution in [0.25, 0.3) is 0 Å². The lowest BCUT2D eigenvalue weighted by molar-refractivity contribution is 0.0698. The fourth-order valence-corrected chi connectivity index (χ4v) is 2.05. The van der Waals surface area contributed by atoms with Crippen LogP contribution in [0.5, 0.6) is 0 Å². The van der Waals surface area contributed by atoms with Gasteiger partial charge in [-0.05, 0) is 36.8 Å². The van der Waals surface area contributed by atoms with Crippen molar-refractivity contribution in [1.82, 2.24) is 5.32 Å². The maximum atomic E-state index is 11.8. The van der Waals surface area contributed by atoms with Crippen LogP contribution >= 0.6 is 0 Å². The van der Waals surface area contributed by atoms with Gasteiger partial charge in [0.2, 0.25) is 0 Å². The van der Waals surface area contributed by atoms with Crippen LogP contribution in [-0.2, 0) is 0 Å². The third-order valence-electron chi connectivity index (χ3n) is 3.74. The zero-order chi connectivity index (χ0) is 13.9. The number of nitrogens with one attached hydrogen (secondary N) is 2. The third-order valence-corrected chi connectivity index (χ3v) is 3.74. The monoisotopic (exact) mass is 262 g/mol. The summed E-state index contributed by atoms with van der Waals surface area (Å²) >= 11 is 0. The average Bonchev–Trinajstić information content (AvgIpc) is 3.17.